The predicted octanol–water partition coefficient (Wildman–Crippen LogP) is -1.05. The lowest BCUT2D eigenvalue weighted by molar-refractivity contribution is -0.0621. The van der Waals surface area contributed by atoms with Crippen LogP contribution in [-0.4, -0.2) is 101 Å². The summed E-state index contributed by atoms with van der Waals surface area (Å²) in [4.78, 5) is 3.42. The molecule has 0 aliphatic carbocycles. The molecular weight excluding hydrogens is 376 g/mol. The molecule has 1 unspecified atom stereocenters. The van der Waals surface area contributed by atoms with Crippen LogP contribution < -0.4 is 0 Å². The molecule has 0 aromatic heterocycles. The molecule has 2 aliphatic rings. The summed E-state index contributed by atoms with van der Waals surface area (Å²) in [6, 6.07) is 0. The Kier molecular flexibility index (Phi) is 7.58. The standard InChI is InChI=1S/C13H26N2O8S2/c1-2-7-23-25(19,20)13(24(16,17)18)12(14-3-8-21-9-4-14)15-5-10-22-11-6-15/h12-13H,2-11H2,1H3,(H,16,17,18). The topological polar surface area (TPSA) is 123 Å². The minimum atomic E-state index is -4.93. The molecule has 2 saturated heterocycles. The first-order valence-corrected chi connectivity index (χ1v) is 11.2. The molecule has 2 fully saturated rings. The molecule has 0 aromatic rings. The minimum Gasteiger partial charge on any atom is -0.379 e. The fourth-order valence-corrected chi connectivity index (χ4v) is 6.16. The van der Waals surface area contributed by atoms with Gasteiger partial charge in [0.05, 0.1) is 39.2 Å². The fraction of sp³-hybridized carbons (Fsp3) is 1.00. The van der Waals surface area contributed by atoms with E-state index in [0.29, 0.717) is 59.0 Å². The van der Waals surface area contributed by atoms with Gasteiger partial charge in [-0.25, -0.2) is 0 Å². The molecule has 25 heavy (non-hydrogen) atoms. The Morgan fingerprint density at radius 1 is 0.960 bits per heavy atom. The molecule has 0 radical (unpaired) electrons. The van der Waals surface area contributed by atoms with Crippen molar-refractivity contribution in [1.29, 1.82) is 0 Å². The first-order chi connectivity index (χ1) is 11.8. The maximum atomic E-state index is 12.6. The first-order valence-electron chi connectivity index (χ1n) is 8.25. The SMILES string of the molecule is CCCOS(=O)(=O)C(C(N1CCOCC1)N1CCOCC1)S(=O)(=O)O. The van der Waals surface area contributed by atoms with Gasteiger partial charge in [-0.05, 0) is 6.42 Å². The van der Waals surface area contributed by atoms with Crippen molar-refractivity contribution in [3.8, 4) is 0 Å². The van der Waals surface area contributed by atoms with Gasteiger partial charge in [-0.15, -0.1) is 0 Å². The monoisotopic (exact) mass is 402 g/mol. The van der Waals surface area contributed by atoms with Crippen LogP contribution in [0.3, 0.4) is 0 Å². The highest BCUT2D eigenvalue weighted by molar-refractivity contribution is 8.04. The lowest BCUT2D eigenvalue weighted by Gasteiger charge is -2.44. The molecule has 1 N–H and O–H groups in total. The molecule has 0 amide bonds. The van der Waals surface area contributed by atoms with Crippen molar-refractivity contribution in [2.75, 3.05) is 59.2 Å². The van der Waals surface area contributed by atoms with Crippen molar-refractivity contribution < 1.29 is 35.0 Å². The zero-order valence-corrected chi connectivity index (χ0v) is 15.9. The largest absolute Gasteiger partial charge is 0.379 e. The highest BCUT2D eigenvalue weighted by Crippen LogP contribution is 2.25. The van der Waals surface area contributed by atoms with Crippen LogP contribution >= 0.6 is 0 Å². The van der Waals surface area contributed by atoms with Crippen LogP contribution in [0.4, 0.5) is 0 Å². The summed E-state index contributed by atoms with van der Waals surface area (Å²) in [5.41, 5.74) is 0. The van der Waals surface area contributed by atoms with E-state index in [1.165, 1.54) is 0 Å². The van der Waals surface area contributed by atoms with Gasteiger partial charge in [-0.1, -0.05) is 6.92 Å². The average Bonchev–Trinajstić information content (AvgIpc) is 2.58. The van der Waals surface area contributed by atoms with Crippen molar-refractivity contribution in [2.45, 2.75) is 24.1 Å². The molecule has 0 saturated carbocycles. The smallest absolute Gasteiger partial charge is 0.290 e. The van der Waals surface area contributed by atoms with Crippen LogP contribution in [0.2, 0.25) is 0 Å². The molecule has 0 aromatic carbocycles. The van der Waals surface area contributed by atoms with Crippen molar-refractivity contribution in [3.05, 3.63) is 0 Å². The lowest BCUT2D eigenvalue weighted by Crippen LogP contribution is -2.63. The molecule has 2 aliphatic heterocycles. The van der Waals surface area contributed by atoms with E-state index in [9.17, 15) is 21.4 Å². The summed E-state index contributed by atoms with van der Waals surface area (Å²) < 4.78 is 72.3. The van der Waals surface area contributed by atoms with E-state index in [1.807, 2.05) is 0 Å². The molecule has 0 spiro atoms. The molecular formula is C13H26N2O8S2. The van der Waals surface area contributed by atoms with E-state index in [-0.39, 0.29) is 6.61 Å². The molecule has 148 valence electrons. The van der Waals surface area contributed by atoms with Crippen molar-refractivity contribution in [1.82, 2.24) is 9.80 Å². The third-order valence-corrected chi connectivity index (χ3v) is 7.69. The third kappa shape index (κ3) is 5.57. The number of morpholine rings is 2. The van der Waals surface area contributed by atoms with Gasteiger partial charge < -0.3 is 9.47 Å². The van der Waals surface area contributed by atoms with Gasteiger partial charge >= 0.3 is 0 Å². The maximum Gasteiger partial charge on any atom is 0.290 e. The van der Waals surface area contributed by atoms with Gasteiger partial charge in [-0.3, -0.25) is 18.5 Å². The van der Waals surface area contributed by atoms with Gasteiger partial charge in [0, 0.05) is 26.2 Å². The van der Waals surface area contributed by atoms with Crippen molar-refractivity contribution in [2.24, 2.45) is 0 Å². The summed E-state index contributed by atoms with van der Waals surface area (Å²) in [6.07, 6.45) is -0.665. The highest BCUT2D eigenvalue weighted by Gasteiger charge is 2.49. The van der Waals surface area contributed by atoms with E-state index in [0.717, 1.165) is 0 Å². The number of hydrogen-bond donors (Lipinski definition) is 1. The van der Waals surface area contributed by atoms with Gasteiger partial charge in [0.25, 0.3) is 20.2 Å². The Morgan fingerprint density at radius 3 is 1.76 bits per heavy atom. The van der Waals surface area contributed by atoms with Gasteiger partial charge in [-0.2, -0.15) is 16.8 Å². The highest BCUT2D eigenvalue weighted by atomic mass is 32.3. The second-order valence-corrected chi connectivity index (χ2v) is 9.47. The summed E-state index contributed by atoms with van der Waals surface area (Å²) in [5.74, 6) is 0. The second kappa shape index (κ2) is 9.04. The molecule has 2 heterocycles. The number of rotatable bonds is 8. The van der Waals surface area contributed by atoms with Crippen LogP contribution in [0, 0.1) is 0 Å². The van der Waals surface area contributed by atoms with Crippen molar-refractivity contribution >= 4 is 20.2 Å². The Hall–Kier alpha value is -0.340. The number of ether oxygens (including phenoxy) is 2. The first kappa shape index (κ1) is 21.0. The van der Waals surface area contributed by atoms with Gasteiger partial charge in [0.2, 0.25) is 4.58 Å². The van der Waals surface area contributed by atoms with E-state index in [2.05, 4.69) is 0 Å². The predicted molar refractivity (Wildman–Crippen MR) is 89.1 cm³/mol. The van der Waals surface area contributed by atoms with Crippen LogP contribution in [0.1, 0.15) is 13.3 Å². The van der Waals surface area contributed by atoms with Gasteiger partial charge in [0.15, 0.2) is 0 Å². The second-order valence-electron chi connectivity index (χ2n) is 5.91. The van der Waals surface area contributed by atoms with Crippen LogP contribution in [0.15, 0.2) is 0 Å². The molecule has 0 bridgehead atoms. The van der Waals surface area contributed by atoms with E-state index in [1.54, 1.807) is 16.7 Å². The van der Waals surface area contributed by atoms with Crippen LogP contribution in [-0.2, 0) is 33.9 Å². The number of hydrogen-bond acceptors (Lipinski definition) is 9. The van der Waals surface area contributed by atoms with E-state index >= 15 is 0 Å². The Bertz CT molecular complexity index is 594. The molecule has 10 nitrogen and oxygen atoms in total. The Labute approximate surface area is 148 Å². The lowest BCUT2D eigenvalue weighted by atomic mass is 10.3. The van der Waals surface area contributed by atoms with E-state index in [4.69, 9.17) is 13.7 Å². The van der Waals surface area contributed by atoms with Crippen LogP contribution in [0.5, 0.6) is 0 Å². The Balaban J connectivity index is 2.40. The quantitative estimate of drug-likeness (QED) is 0.397. The summed E-state index contributed by atoms with van der Waals surface area (Å²) in [6.45, 7) is 4.42. The summed E-state index contributed by atoms with van der Waals surface area (Å²) in [7, 11) is -9.47. The zero-order chi connectivity index (χ0) is 18.5. The minimum absolute atomic E-state index is 0.146. The van der Waals surface area contributed by atoms with E-state index < -0.39 is 31.0 Å². The summed E-state index contributed by atoms with van der Waals surface area (Å²) >= 11 is 0. The molecule has 2 rings (SSSR count). The summed E-state index contributed by atoms with van der Waals surface area (Å²) in [5, 5.41) is 0. The molecule has 1 atom stereocenters. The fourth-order valence-electron chi connectivity index (χ4n) is 2.98. The van der Waals surface area contributed by atoms with Crippen LogP contribution in [0.25, 0.3) is 0 Å². The normalized spacial score (nSPS) is 23.0. The maximum absolute atomic E-state index is 12.6. The Morgan fingerprint density at radius 2 is 1.40 bits per heavy atom. The zero-order valence-electron chi connectivity index (χ0n) is 14.2. The van der Waals surface area contributed by atoms with Crippen molar-refractivity contribution in [3.63, 3.8) is 0 Å². The van der Waals surface area contributed by atoms with Gasteiger partial charge in [0.1, 0.15) is 0 Å². The molecule has 12 heteroatoms. The number of nitrogens with zero attached hydrogens (tertiary/aromatic N) is 2. The third-order valence-electron chi connectivity index (χ3n) is 4.11. The average molecular weight is 402 g/mol.